The second kappa shape index (κ2) is 11.6. The van der Waals surface area contributed by atoms with Crippen molar-refractivity contribution in [3.8, 4) is 11.5 Å². The van der Waals surface area contributed by atoms with E-state index in [4.69, 9.17) is 28.0 Å². The number of methoxy groups -OCH3 is 2. The molecule has 9 nitrogen and oxygen atoms in total. The molecule has 0 saturated carbocycles. The van der Waals surface area contributed by atoms with Crippen LogP contribution in [-0.4, -0.2) is 51.3 Å². The average molecular weight is 479 g/mol. The first-order chi connectivity index (χ1) is 15.9. The molecular weight excluding hydrogens is 449 g/mol. The van der Waals surface area contributed by atoms with Crippen LogP contribution in [0.1, 0.15) is 19.8 Å². The summed E-state index contributed by atoms with van der Waals surface area (Å²) in [5.74, 6) is -1.15. The molecule has 1 aliphatic rings. The predicted molar refractivity (Wildman–Crippen MR) is 121 cm³/mol. The maximum absolute atomic E-state index is 13.6. The van der Waals surface area contributed by atoms with Gasteiger partial charge in [-0.1, -0.05) is 36.4 Å². The molecule has 3 atom stereocenters. The Morgan fingerprint density at radius 2 is 1.61 bits per heavy atom. The zero-order valence-electron chi connectivity index (χ0n) is 19.0. The molecule has 0 amide bonds. The molecule has 3 rings (SSSR count). The number of esters is 1. The molecule has 1 fully saturated rings. The zero-order chi connectivity index (χ0) is 23.7. The summed E-state index contributed by atoms with van der Waals surface area (Å²) in [5.41, 5.74) is 0. The van der Waals surface area contributed by atoms with E-state index in [9.17, 15) is 9.36 Å². The minimum Gasteiger partial charge on any atom is -0.428 e. The van der Waals surface area contributed by atoms with Crippen molar-refractivity contribution >= 4 is 13.7 Å². The smallest absolute Gasteiger partial charge is 0.428 e. The van der Waals surface area contributed by atoms with Gasteiger partial charge in [0.05, 0.1) is 6.10 Å². The molecular formula is C23H30NO8P. The number of hydrogen-bond donors (Lipinski definition) is 1. The molecule has 1 saturated heterocycles. The summed E-state index contributed by atoms with van der Waals surface area (Å²) in [5, 5.41) is 2.89. The van der Waals surface area contributed by atoms with Gasteiger partial charge in [0.2, 0.25) is 0 Å². The van der Waals surface area contributed by atoms with E-state index in [1.54, 1.807) is 48.5 Å². The fourth-order valence-electron chi connectivity index (χ4n) is 3.64. The van der Waals surface area contributed by atoms with E-state index in [-0.39, 0.29) is 13.2 Å². The molecule has 2 aromatic rings. The Balaban J connectivity index is 1.76. The monoisotopic (exact) mass is 479 g/mol. The number of para-hydroxylation sites is 2. The maximum atomic E-state index is 13.6. The summed E-state index contributed by atoms with van der Waals surface area (Å²) in [6.07, 6.45) is 0.126. The average Bonchev–Trinajstić information content (AvgIpc) is 2.79. The van der Waals surface area contributed by atoms with E-state index in [1.807, 2.05) is 12.1 Å². The van der Waals surface area contributed by atoms with Crippen LogP contribution >= 0.6 is 7.75 Å². The summed E-state index contributed by atoms with van der Waals surface area (Å²) in [6.45, 7) is 1.39. The van der Waals surface area contributed by atoms with Gasteiger partial charge in [0.25, 0.3) is 5.79 Å². The van der Waals surface area contributed by atoms with Gasteiger partial charge < -0.3 is 28.0 Å². The van der Waals surface area contributed by atoms with Gasteiger partial charge >= 0.3 is 13.7 Å². The molecule has 10 heteroatoms. The van der Waals surface area contributed by atoms with Crippen LogP contribution in [0, 0.1) is 0 Å². The largest absolute Gasteiger partial charge is 0.512 e. The molecule has 33 heavy (non-hydrogen) atoms. The van der Waals surface area contributed by atoms with Crippen molar-refractivity contribution in [2.75, 3.05) is 27.4 Å². The first-order valence-corrected chi connectivity index (χ1v) is 12.2. The number of carbonyl (C=O) groups excluding carboxylic acids is 1. The number of carbonyl (C=O) groups is 1. The van der Waals surface area contributed by atoms with Crippen LogP contribution in [0.2, 0.25) is 0 Å². The molecule has 0 radical (unpaired) electrons. The van der Waals surface area contributed by atoms with Gasteiger partial charge in [0.1, 0.15) is 24.2 Å². The van der Waals surface area contributed by atoms with Gasteiger partial charge in [-0.15, -0.1) is 0 Å². The molecule has 0 aliphatic carbocycles. The van der Waals surface area contributed by atoms with Gasteiger partial charge in [-0.3, -0.25) is 4.79 Å². The second-order valence-electron chi connectivity index (χ2n) is 7.55. The highest BCUT2D eigenvalue weighted by molar-refractivity contribution is 7.52. The lowest BCUT2D eigenvalue weighted by molar-refractivity contribution is -0.322. The van der Waals surface area contributed by atoms with E-state index in [0.717, 1.165) is 0 Å². The summed E-state index contributed by atoms with van der Waals surface area (Å²) in [7, 11) is -0.828. The van der Waals surface area contributed by atoms with Crippen LogP contribution in [0.4, 0.5) is 0 Å². The minimum absolute atomic E-state index is 0.0136. The van der Waals surface area contributed by atoms with Crippen LogP contribution in [0.3, 0.4) is 0 Å². The molecule has 0 aromatic heterocycles. The summed E-state index contributed by atoms with van der Waals surface area (Å²) >= 11 is 0. The van der Waals surface area contributed by atoms with Crippen molar-refractivity contribution in [3.63, 3.8) is 0 Å². The molecule has 2 aromatic carbocycles. The van der Waals surface area contributed by atoms with Crippen molar-refractivity contribution in [2.24, 2.45) is 0 Å². The van der Waals surface area contributed by atoms with E-state index in [0.29, 0.717) is 24.3 Å². The molecule has 0 bridgehead atoms. The molecule has 1 N–H and O–H groups in total. The van der Waals surface area contributed by atoms with Crippen LogP contribution in [0.15, 0.2) is 60.7 Å². The number of benzene rings is 2. The zero-order valence-corrected chi connectivity index (χ0v) is 19.9. The maximum Gasteiger partial charge on any atom is 0.512 e. The summed E-state index contributed by atoms with van der Waals surface area (Å²) < 4.78 is 47.5. The molecule has 0 spiro atoms. The molecule has 1 aliphatic heterocycles. The lowest BCUT2D eigenvalue weighted by atomic mass is 9.98. The van der Waals surface area contributed by atoms with E-state index >= 15 is 0 Å². The van der Waals surface area contributed by atoms with Crippen molar-refractivity contribution in [1.29, 1.82) is 0 Å². The summed E-state index contributed by atoms with van der Waals surface area (Å²) in [6, 6.07) is 17.5. The highest BCUT2D eigenvalue weighted by atomic mass is 31.2. The first kappa shape index (κ1) is 25.2. The predicted octanol–water partition coefficient (Wildman–Crippen LogP) is 3.94. The second-order valence-corrected chi connectivity index (χ2v) is 9.22. The third-order valence-corrected chi connectivity index (χ3v) is 6.48. The van der Waals surface area contributed by atoms with Gasteiger partial charge in [0, 0.05) is 27.7 Å². The Morgan fingerprint density at radius 3 is 2.09 bits per heavy atom. The SMILES string of the molecule is COC[C@@]1(OC(C)=O)O[C@H](CNP(=O)(Oc2ccccc2)Oc2ccccc2)CC[C@@H]1OC. The van der Waals surface area contributed by atoms with Gasteiger partial charge in [-0.2, -0.15) is 5.09 Å². The third-order valence-electron chi connectivity index (χ3n) is 5.00. The highest BCUT2D eigenvalue weighted by Gasteiger charge is 2.49. The fourth-order valence-corrected chi connectivity index (χ4v) is 5.04. The Hall–Kier alpha value is -2.42. The van der Waals surface area contributed by atoms with E-state index in [1.165, 1.54) is 21.1 Å². The van der Waals surface area contributed by atoms with Crippen molar-refractivity contribution in [2.45, 2.75) is 37.8 Å². The van der Waals surface area contributed by atoms with Crippen LogP contribution in [0.5, 0.6) is 11.5 Å². The number of rotatable bonds is 11. The molecule has 0 unspecified atom stereocenters. The lowest BCUT2D eigenvalue weighted by Crippen LogP contribution is -2.58. The number of nitrogens with one attached hydrogen (secondary N) is 1. The van der Waals surface area contributed by atoms with Crippen molar-refractivity contribution < 1.29 is 37.4 Å². The van der Waals surface area contributed by atoms with Gasteiger partial charge in [0.15, 0.2) is 0 Å². The Morgan fingerprint density at radius 1 is 1.03 bits per heavy atom. The van der Waals surface area contributed by atoms with Crippen molar-refractivity contribution in [1.82, 2.24) is 5.09 Å². The fraction of sp³-hybridized carbons (Fsp3) is 0.435. The minimum atomic E-state index is -3.84. The Bertz CT molecular complexity index is 883. The van der Waals surface area contributed by atoms with Crippen LogP contribution in [-0.2, 0) is 28.3 Å². The Kier molecular flexibility index (Phi) is 8.88. The Labute approximate surface area is 193 Å². The molecule has 1 heterocycles. The van der Waals surface area contributed by atoms with Crippen LogP contribution < -0.4 is 14.1 Å². The quantitative estimate of drug-likeness (QED) is 0.379. The third kappa shape index (κ3) is 7.03. The number of ether oxygens (including phenoxy) is 4. The van der Waals surface area contributed by atoms with E-state index < -0.39 is 31.7 Å². The summed E-state index contributed by atoms with van der Waals surface area (Å²) in [4.78, 5) is 11.8. The molecule has 180 valence electrons. The lowest BCUT2D eigenvalue weighted by Gasteiger charge is -2.44. The van der Waals surface area contributed by atoms with Gasteiger partial charge in [-0.05, 0) is 37.1 Å². The van der Waals surface area contributed by atoms with Crippen molar-refractivity contribution in [3.05, 3.63) is 60.7 Å². The topological polar surface area (TPSA) is 102 Å². The highest BCUT2D eigenvalue weighted by Crippen LogP contribution is 2.45. The standard InChI is InChI=1S/C23H30NO8P/c1-18(25)29-23(17-27-2)22(28-3)15-14-21(30-23)16-24-33(26,31-19-10-6-4-7-11-19)32-20-12-8-5-9-13-20/h4-13,21-22H,14-17H2,1-3H3,(H,24,26)/t21-,22-,23+/m0/s1. The number of hydrogen-bond acceptors (Lipinski definition) is 8. The first-order valence-electron chi connectivity index (χ1n) is 10.6. The van der Waals surface area contributed by atoms with E-state index in [2.05, 4.69) is 5.09 Å². The van der Waals surface area contributed by atoms with Crippen LogP contribution in [0.25, 0.3) is 0 Å². The normalized spacial score (nSPS) is 23.0. The van der Waals surface area contributed by atoms with Gasteiger partial charge in [-0.25, -0.2) is 4.57 Å².